The number of aliphatic imine (C=N–C) groups is 1. The Morgan fingerprint density at radius 2 is 1.92 bits per heavy atom. The number of amides is 1. The van der Waals surface area contributed by atoms with Gasteiger partial charge in [-0.1, -0.05) is 13.8 Å². The number of likely N-dealkylation sites (N-methyl/N-ethyl adjacent to an activating group) is 1. The summed E-state index contributed by atoms with van der Waals surface area (Å²) in [6, 6.07) is 0.0750. The average Bonchev–Trinajstić information content (AvgIpc) is 3.04. The Labute approximate surface area is 160 Å². The molecule has 0 spiro atoms. The molecule has 150 valence electrons. The number of carbonyl (C=O) groups is 1. The highest BCUT2D eigenvalue weighted by atomic mass is 16.2. The number of rotatable bonds is 6. The van der Waals surface area contributed by atoms with Crippen LogP contribution >= 0.6 is 0 Å². The minimum atomic E-state index is 0.0750. The predicted molar refractivity (Wildman–Crippen MR) is 108 cm³/mol. The highest BCUT2D eigenvalue weighted by Crippen LogP contribution is 2.21. The van der Waals surface area contributed by atoms with Gasteiger partial charge >= 0.3 is 0 Å². The van der Waals surface area contributed by atoms with Gasteiger partial charge in [0, 0.05) is 46.8 Å². The van der Waals surface area contributed by atoms with Crippen LogP contribution in [0.3, 0.4) is 0 Å². The van der Waals surface area contributed by atoms with E-state index in [9.17, 15) is 4.79 Å². The fraction of sp³-hybridized carbons (Fsp3) is 0.900. The molecule has 1 amide bonds. The van der Waals surface area contributed by atoms with Gasteiger partial charge in [-0.15, -0.1) is 0 Å². The van der Waals surface area contributed by atoms with Gasteiger partial charge in [0.1, 0.15) is 0 Å². The van der Waals surface area contributed by atoms with Crippen LogP contribution in [-0.4, -0.2) is 86.0 Å². The monoisotopic (exact) mass is 365 g/mol. The molecule has 0 radical (unpaired) electrons. The highest BCUT2D eigenvalue weighted by molar-refractivity contribution is 5.81. The fourth-order valence-electron chi connectivity index (χ4n) is 4.39. The molecule has 6 heteroatoms. The second kappa shape index (κ2) is 10.1. The second-order valence-electron chi connectivity index (χ2n) is 8.37. The van der Waals surface area contributed by atoms with Gasteiger partial charge < -0.3 is 15.1 Å². The van der Waals surface area contributed by atoms with Gasteiger partial charge in [0.25, 0.3) is 0 Å². The zero-order chi connectivity index (χ0) is 19.1. The number of nitrogens with zero attached hydrogens (tertiary/aromatic N) is 4. The number of hydrogen-bond acceptors (Lipinski definition) is 3. The molecule has 2 aliphatic rings. The van der Waals surface area contributed by atoms with Crippen LogP contribution in [0.15, 0.2) is 4.99 Å². The van der Waals surface area contributed by atoms with Crippen LogP contribution < -0.4 is 5.32 Å². The molecule has 2 aliphatic heterocycles. The topological polar surface area (TPSA) is 51.2 Å². The smallest absolute Gasteiger partial charge is 0.239 e. The van der Waals surface area contributed by atoms with E-state index in [2.05, 4.69) is 35.9 Å². The molecule has 2 saturated heterocycles. The molecule has 2 rings (SSSR count). The summed E-state index contributed by atoms with van der Waals surface area (Å²) in [6.45, 7) is 12.7. The molecule has 26 heavy (non-hydrogen) atoms. The van der Waals surface area contributed by atoms with Crippen LogP contribution in [0.25, 0.3) is 0 Å². The number of nitrogens with one attached hydrogen (secondary N) is 1. The Balaban J connectivity index is 1.85. The normalized spacial score (nSPS) is 27.7. The zero-order valence-electron chi connectivity index (χ0n) is 17.5. The maximum Gasteiger partial charge on any atom is 0.239 e. The van der Waals surface area contributed by atoms with Gasteiger partial charge in [-0.05, 0) is 51.0 Å². The van der Waals surface area contributed by atoms with Crippen LogP contribution in [0, 0.1) is 11.8 Å². The van der Waals surface area contributed by atoms with Gasteiger partial charge in [-0.3, -0.25) is 14.7 Å². The Bertz CT molecular complexity index is 469. The van der Waals surface area contributed by atoms with Crippen LogP contribution in [0.5, 0.6) is 0 Å². The summed E-state index contributed by atoms with van der Waals surface area (Å²) in [7, 11) is 3.71. The molecule has 0 bridgehead atoms. The largest absolute Gasteiger partial charge is 0.357 e. The van der Waals surface area contributed by atoms with Gasteiger partial charge in [-0.25, -0.2) is 0 Å². The summed E-state index contributed by atoms with van der Waals surface area (Å²) >= 11 is 0. The lowest BCUT2D eigenvalue weighted by Gasteiger charge is -2.37. The van der Waals surface area contributed by atoms with E-state index >= 15 is 0 Å². The second-order valence-corrected chi connectivity index (χ2v) is 8.37. The van der Waals surface area contributed by atoms with Crippen molar-refractivity contribution >= 4 is 11.9 Å². The predicted octanol–water partition coefficient (Wildman–Crippen LogP) is 1.87. The Hall–Kier alpha value is -1.30. The van der Waals surface area contributed by atoms with Crippen LogP contribution in [0.4, 0.5) is 0 Å². The van der Waals surface area contributed by atoms with Crippen molar-refractivity contribution < 1.29 is 4.79 Å². The minimum absolute atomic E-state index is 0.0750. The van der Waals surface area contributed by atoms with E-state index in [0.29, 0.717) is 0 Å². The van der Waals surface area contributed by atoms with Crippen molar-refractivity contribution in [1.29, 1.82) is 0 Å². The molecule has 3 unspecified atom stereocenters. The summed E-state index contributed by atoms with van der Waals surface area (Å²) in [4.78, 5) is 23.7. The van der Waals surface area contributed by atoms with E-state index in [0.717, 1.165) is 76.3 Å². The van der Waals surface area contributed by atoms with Crippen molar-refractivity contribution in [2.24, 2.45) is 16.8 Å². The summed E-state index contributed by atoms with van der Waals surface area (Å²) in [6.07, 6.45) is 4.43. The number of piperidine rings is 1. The maximum atomic E-state index is 12.3. The lowest BCUT2D eigenvalue weighted by atomic mass is 9.92. The third-order valence-electron chi connectivity index (χ3n) is 5.46. The minimum Gasteiger partial charge on any atom is -0.357 e. The van der Waals surface area contributed by atoms with Gasteiger partial charge in [0.2, 0.25) is 5.91 Å². The lowest BCUT2D eigenvalue weighted by molar-refractivity contribution is -0.133. The summed E-state index contributed by atoms with van der Waals surface area (Å²) in [5.74, 6) is 2.76. The third kappa shape index (κ3) is 5.86. The Morgan fingerprint density at radius 1 is 1.23 bits per heavy atom. The number of hydrogen-bond donors (Lipinski definition) is 1. The van der Waals surface area contributed by atoms with E-state index in [1.807, 2.05) is 14.1 Å². The van der Waals surface area contributed by atoms with Gasteiger partial charge in [0.15, 0.2) is 5.96 Å². The first kappa shape index (κ1) is 21.0. The van der Waals surface area contributed by atoms with Crippen molar-refractivity contribution in [1.82, 2.24) is 20.0 Å². The molecule has 0 aliphatic carbocycles. The highest BCUT2D eigenvalue weighted by Gasteiger charge is 2.31. The first-order chi connectivity index (χ1) is 12.4. The standard InChI is InChI=1S/C20H39N5O/c1-6-21-20(25-14-16(2)13-17(3)15-25)22-10-8-12-24-11-7-9-18(24)19(26)23(4)5/h16-18H,6-15H2,1-5H3,(H,21,22). The van der Waals surface area contributed by atoms with E-state index < -0.39 is 0 Å². The quantitative estimate of drug-likeness (QED) is 0.444. The summed E-state index contributed by atoms with van der Waals surface area (Å²) in [5, 5.41) is 3.47. The Morgan fingerprint density at radius 3 is 2.54 bits per heavy atom. The number of carbonyl (C=O) groups excluding carboxylic acids is 1. The van der Waals surface area contributed by atoms with Crippen LogP contribution in [0.2, 0.25) is 0 Å². The van der Waals surface area contributed by atoms with Crippen LogP contribution in [0.1, 0.15) is 46.5 Å². The lowest BCUT2D eigenvalue weighted by Crippen LogP contribution is -2.48. The molecule has 6 nitrogen and oxygen atoms in total. The molecule has 0 saturated carbocycles. The first-order valence-corrected chi connectivity index (χ1v) is 10.4. The van der Waals surface area contributed by atoms with Crippen molar-refractivity contribution in [3.05, 3.63) is 0 Å². The molecule has 3 atom stereocenters. The molecule has 0 aromatic heterocycles. The fourth-order valence-corrected chi connectivity index (χ4v) is 4.39. The summed E-state index contributed by atoms with van der Waals surface area (Å²) in [5.41, 5.74) is 0. The van der Waals surface area contributed by atoms with E-state index in [4.69, 9.17) is 4.99 Å². The van der Waals surface area contributed by atoms with E-state index in [1.165, 1.54) is 6.42 Å². The SMILES string of the molecule is CCNC(=NCCCN1CCCC1C(=O)N(C)C)N1CC(C)CC(C)C1. The number of likely N-dealkylation sites (tertiary alicyclic amines) is 2. The van der Waals surface area contributed by atoms with E-state index in [1.54, 1.807) is 4.90 Å². The van der Waals surface area contributed by atoms with Crippen molar-refractivity contribution in [2.45, 2.75) is 52.5 Å². The molecular formula is C20H39N5O. The zero-order valence-corrected chi connectivity index (χ0v) is 17.5. The van der Waals surface area contributed by atoms with E-state index in [-0.39, 0.29) is 11.9 Å². The molecule has 2 heterocycles. The van der Waals surface area contributed by atoms with Crippen molar-refractivity contribution in [3.63, 3.8) is 0 Å². The van der Waals surface area contributed by atoms with Crippen molar-refractivity contribution in [2.75, 3.05) is 53.4 Å². The summed E-state index contributed by atoms with van der Waals surface area (Å²) < 4.78 is 0. The number of guanidine groups is 1. The van der Waals surface area contributed by atoms with Crippen LogP contribution in [-0.2, 0) is 4.79 Å². The van der Waals surface area contributed by atoms with Gasteiger partial charge in [-0.2, -0.15) is 0 Å². The first-order valence-electron chi connectivity index (χ1n) is 10.4. The molecule has 0 aromatic rings. The molecule has 0 aromatic carbocycles. The van der Waals surface area contributed by atoms with Crippen molar-refractivity contribution in [3.8, 4) is 0 Å². The van der Waals surface area contributed by atoms with Gasteiger partial charge in [0.05, 0.1) is 6.04 Å². The molecule has 2 fully saturated rings. The Kier molecular flexibility index (Phi) is 8.19. The maximum absolute atomic E-state index is 12.3. The third-order valence-corrected chi connectivity index (χ3v) is 5.46. The molecule has 1 N–H and O–H groups in total. The average molecular weight is 366 g/mol. The molecular weight excluding hydrogens is 326 g/mol.